The number of hydrogen-bond acceptors (Lipinski definition) is 6. The predicted molar refractivity (Wildman–Crippen MR) is 106 cm³/mol. The zero-order valence-electron chi connectivity index (χ0n) is 14.5. The normalized spacial score (nSPS) is 17.3. The first-order valence-corrected chi connectivity index (χ1v) is 10.1. The number of nitrogen functional groups attached to an aromatic ring is 1. The average Bonchev–Trinajstić information content (AvgIpc) is 3.33. The highest BCUT2D eigenvalue weighted by molar-refractivity contribution is 8.00. The lowest BCUT2D eigenvalue weighted by Crippen LogP contribution is -2.40. The first-order valence-electron chi connectivity index (χ1n) is 8.38. The molecular formula is C18H19N5OS2. The van der Waals surface area contributed by atoms with E-state index in [1.807, 2.05) is 47.5 Å². The molecule has 4 rings (SSSR count). The van der Waals surface area contributed by atoms with Crippen LogP contribution >= 0.6 is 23.1 Å². The van der Waals surface area contributed by atoms with Gasteiger partial charge in [-0.15, -0.1) is 21.5 Å². The highest BCUT2D eigenvalue weighted by Crippen LogP contribution is 2.35. The third-order valence-corrected chi connectivity index (χ3v) is 6.39. The molecule has 0 unspecified atom stereocenters. The maximum absolute atomic E-state index is 13.1. The van der Waals surface area contributed by atoms with Gasteiger partial charge in [-0.25, -0.2) is 4.68 Å². The molecule has 134 valence electrons. The summed E-state index contributed by atoms with van der Waals surface area (Å²) in [6.45, 7) is 3.97. The van der Waals surface area contributed by atoms with Gasteiger partial charge in [-0.05, 0) is 43.3 Å². The maximum Gasteiger partial charge on any atom is 0.240 e. The van der Waals surface area contributed by atoms with E-state index in [0.717, 1.165) is 17.0 Å². The minimum absolute atomic E-state index is 0.0631. The summed E-state index contributed by atoms with van der Waals surface area (Å²) in [7, 11) is 0. The monoisotopic (exact) mass is 385 g/mol. The van der Waals surface area contributed by atoms with Crippen molar-refractivity contribution in [1.29, 1.82) is 0 Å². The average molecular weight is 386 g/mol. The van der Waals surface area contributed by atoms with Crippen molar-refractivity contribution >= 4 is 34.7 Å². The molecular weight excluding hydrogens is 366 g/mol. The van der Waals surface area contributed by atoms with Crippen molar-refractivity contribution in [1.82, 2.24) is 14.9 Å². The third kappa shape index (κ3) is 2.89. The van der Waals surface area contributed by atoms with Gasteiger partial charge in [0, 0.05) is 11.7 Å². The molecule has 1 aromatic carbocycles. The number of nitrogens with two attached hydrogens (primary N) is 1. The maximum atomic E-state index is 13.1. The summed E-state index contributed by atoms with van der Waals surface area (Å²) in [4.78, 5) is 15.9. The SMILES string of the molecule is C[C@@H]1Cc2ccccc2N1C(=O)[C@@H](C)Sc1nnc(-c2cccs2)n1N. The van der Waals surface area contributed by atoms with Crippen LogP contribution in [0.15, 0.2) is 46.9 Å². The Balaban J connectivity index is 1.54. The van der Waals surface area contributed by atoms with Crippen molar-refractivity contribution in [2.24, 2.45) is 0 Å². The van der Waals surface area contributed by atoms with E-state index < -0.39 is 0 Å². The summed E-state index contributed by atoms with van der Waals surface area (Å²) in [5.74, 6) is 6.83. The van der Waals surface area contributed by atoms with Crippen LogP contribution in [-0.2, 0) is 11.2 Å². The lowest BCUT2D eigenvalue weighted by Gasteiger charge is -2.25. The summed E-state index contributed by atoms with van der Waals surface area (Å²) in [5.41, 5.74) is 2.22. The molecule has 0 saturated heterocycles. The first-order chi connectivity index (χ1) is 12.6. The van der Waals surface area contributed by atoms with Gasteiger partial charge in [0.15, 0.2) is 5.82 Å². The molecule has 26 heavy (non-hydrogen) atoms. The smallest absolute Gasteiger partial charge is 0.240 e. The van der Waals surface area contributed by atoms with Gasteiger partial charge in [0.1, 0.15) is 0 Å². The molecule has 1 aliphatic heterocycles. The van der Waals surface area contributed by atoms with Crippen LogP contribution < -0.4 is 10.7 Å². The third-order valence-electron chi connectivity index (χ3n) is 4.48. The number of hydrogen-bond donors (Lipinski definition) is 1. The number of para-hydroxylation sites is 1. The number of anilines is 1. The fourth-order valence-corrected chi connectivity index (χ4v) is 4.76. The van der Waals surface area contributed by atoms with Gasteiger partial charge < -0.3 is 10.7 Å². The molecule has 3 aromatic rings. The van der Waals surface area contributed by atoms with E-state index in [-0.39, 0.29) is 17.2 Å². The molecule has 1 aliphatic rings. The second kappa shape index (κ2) is 6.77. The Morgan fingerprint density at radius 3 is 2.88 bits per heavy atom. The van der Waals surface area contributed by atoms with Gasteiger partial charge >= 0.3 is 0 Å². The van der Waals surface area contributed by atoms with Crippen molar-refractivity contribution in [2.45, 2.75) is 36.7 Å². The molecule has 8 heteroatoms. The van der Waals surface area contributed by atoms with E-state index in [1.165, 1.54) is 22.0 Å². The summed E-state index contributed by atoms with van der Waals surface area (Å²) < 4.78 is 1.46. The van der Waals surface area contributed by atoms with Gasteiger partial charge in [-0.2, -0.15) is 0 Å². The number of rotatable bonds is 4. The number of aromatic nitrogens is 3. The van der Waals surface area contributed by atoms with Crippen molar-refractivity contribution in [2.75, 3.05) is 10.7 Å². The lowest BCUT2D eigenvalue weighted by atomic mass is 10.1. The van der Waals surface area contributed by atoms with Crippen LogP contribution in [0, 0.1) is 0 Å². The van der Waals surface area contributed by atoms with Crippen molar-refractivity contribution in [3.05, 3.63) is 47.3 Å². The molecule has 2 atom stereocenters. The van der Waals surface area contributed by atoms with Crippen molar-refractivity contribution < 1.29 is 4.79 Å². The molecule has 6 nitrogen and oxygen atoms in total. The zero-order valence-corrected chi connectivity index (χ0v) is 16.1. The molecule has 0 fully saturated rings. The number of thiophene rings is 1. The van der Waals surface area contributed by atoms with Gasteiger partial charge in [-0.3, -0.25) is 4.79 Å². The van der Waals surface area contributed by atoms with Gasteiger partial charge in [-0.1, -0.05) is 36.0 Å². The van der Waals surface area contributed by atoms with E-state index in [4.69, 9.17) is 5.84 Å². The molecule has 0 bridgehead atoms. The van der Waals surface area contributed by atoms with Crippen LogP contribution in [-0.4, -0.2) is 32.1 Å². The van der Waals surface area contributed by atoms with E-state index in [9.17, 15) is 4.79 Å². The first kappa shape index (κ1) is 17.1. The molecule has 3 heterocycles. The number of amides is 1. The number of fused-ring (bicyclic) bond motifs is 1. The summed E-state index contributed by atoms with van der Waals surface area (Å²) in [5, 5.41) is 10.5. The van der Waals surface area contributed by atoms with Crippen LogP contribution in [0.25, 0.3) is 10.7 Å². The van der Waals surface area contributed by atoms with E-state index in [0.29, 0.717) is 11.0 Å². The minimum atomic E-state index is -0.314. The summed E-state index contributed by atoms with van der Waals surface area (Å²) in [6, 6.07) is 12.1. The van der Waals surface area contributed by atoms with Crippen LogP contribution in [0.3, 0.4) is 0 Å². The fourth-order valence-electron chi connectivity index (χ4n) is 3.24. The highest BCUT2D eigenvalue weighted by atomic mass is 32.2. The number of nitrogens with zero attached hydrogens (tertiary/aromatic N) is 4. The van der Waals surface area contributed by atoms with Crippen LogP contribution in [0.2, 0.25) is 0 Å². The lowest BCUT2D eigenvalue weighted by molar-refractivity contribution is -0.118. The second-order valence-corrected chi connectivity index (χ2v) is 8.56. The Hall–Kier alpha value is -2.32. The number of carbonyl (C=O) groups excluding carboxylic acids is 1. The quantitative estimate of drug-likeness (QED) is 0.551. The Bertz CT molecular complexity index is 937. The van der Waals surface area contributed by atoms with Gasteiger partial charge in [0.05, 0.1) is 10.1 Å². The topological polar surface area (TPSA) is 77.0 Å². The number of benzene rings is 1. The second-order valence-electron chi connectivity index (χ2n) is 6.30. The molecule has 0 spiro atoms. The van der Waals surface area contributed by atoms with Gasteiger partial charge in [0.25, 0.3) is 0 Å². The predicted octanol–water partition coefficient (Wildman–Crippen LogP) is 3.18. The molecule has 2 aromatic heterocycles. The number of carbonyl (C=O) groups is 1. The van der Waals surface area contributed by atoms with Crippen LogP contribution in [0.5, 0.6) is 0 Å². The fraction of sp³-hybridized carbons (Fsp3) is 0.278. The zero-order chi connectivity index (χ0) is 18.3. The van der Waals surface area contributed by atoms with E-state index in [1.54, 1.807) is 11.3 Å². The molecule has 0 aliphatic carbocycles. The standard InChI is InChI=1S/C18H19N5OS2/c1-11-10-13-6-3-4-7-14(13)22(11)17(24)12(2)26-18-21-20-16(23(18)19)15-8-5-9-25-15/h3-9,11-12H,10,19H2,1-2H3/t11-,12-/m1/s1. The van der Waals surface area contributed by atoms with Gasteiger partial charge in [0.2, 0.25) is 11.1 Å². The Morgan fingerprint density at radius 2 is 2.12 bits per heavy atom. The van der Waals surface area contributed by atoms with Crippen LogP contribution in [0.4, 0.5) is 5.69 Å². The van der Waals surface area contributed by atoms with Crippen molar-refractivity contribution in [3.63, 3.8) is 0 Å². The molecule has 0 saturated carbocycles. The van der Waals surface area contributed by atoms with Crippen molar-refractivity contribution in [3.8, 4) is 10.7 Å². The summed E-state index contributed by atoms with van der Waals surface area (Å²) >= 11 is 2.89. The van der Waals surface area contributed by atoms with E-state index >= 15 is 0 Å². The minimum Gasteiger partial charge on any atom is -0.335 e. The Kier molecular flexibility index (Phi) is 4.46. The summed E-state index contributed by atoms with van der Waals surface area (Å²) in [6.07, 6.45) is 0.884. The van der Waals surface area contributed by atoms with E-state index in [2.05, 4.69) is 23.2 Å². The molecule has 0 radical (unpaired) electrons. The largest absolute Gasteiger partial charge is 0.335 e. The van der Waals surface area contributed by atoms with Crippen LogP contribution in [0.1, 0.15) is 19.4 Å². The Morgan fingerprint density at radius 1 is 1.31 bits per heavy atom. The molecule has 1 amide bonds. The molecule has 2 N–H and O–H groups in total. The highest BCUT2D eigenvalue weighted by Gasteiger charge is 2.34. The Labute approximate surface area is 160 Å². The number of thioether (sulfide) groups is 1.